The van der Waals surface area contributed by atoms with E-state index in [1.54, 1.807) is 0 Å². The van der Waals surface area contributed by atoms with Crippen LogP contribution in [0.3, 0.4) is 0 Å². The zero-order chi connectivity index (χ0) is 12.1. The van der Waals surface area contributed by atoms with Gasteiger partial charge in [-0.3, -0.25) is 0 Å². The zero-order valence-corrected chi connectivity index (χ0v) is 11.3. The van der Waals surface area contributed by atoms with Gasteiger partial charge in [0, 0.05) is 12.6 Å². The van der Waals surface area contributed by atoms with Crippen LogP contribution >= 0.6 is 0 Å². The monoisotopic (exact) mass is 237 g/mol. The lowest BCUT2D eigenvalue weighted by Crippen LogP contribution is -2.42. The topological polar surface area (TPSA) is 21.3 Å². The molecule has 1 saturated heterocycles. The third-order valence-electron chi connectivity index (χ3n) is 4.13. The van der Waals surface area contributed by atoms with Crippen LogP contribution in [0.1, 0.15) is 46.0 Å². The molecule has 17 heavy (non-hydrogen) atoms. The summed E-state index contributed by atoms with van der Waals surface area (Å²) in [4.78, 5) is 0. The standard InChI is InChI=1S/C15H27NO/c1-12(2)15-10-14(8-9-17-15)16-11-13-6-4-3-5-7-13/h3-4,12-16H,5-11H2,1-2H3. The van der Waals surface area contributed by atoms with Crippen molar-refractivity contribution in [3.05, 3.63) is 12.2 Å². The molecule has 1 heterocycles. The Morgan fingerprint density at radius 1 is 1.29 bits per heavy atom. The molecule has 1 fully saturated rings. The van der Waals surface area contributed by atoms with Crippen molar-refractivity contribution in [2.45, 2.75) is 58.1 Å². The van der Waals surface area contributed by atoms with Gasteiger partial charge in [-0.1, -0.05) is 26.0 Å². The summed E-state index contributed by atoms with van der Waals surface area (Å²) in [6.45, 7) is 6.66. The van der Waals surface area contributed by atoms with Crippen LogP contribution in [0.5, 0.6) is 0 Å². The van der Waals surface area contributed by atoms with Crippen molar-refractivity contribution in [3.8, 4) is 0 Å². The SMILES string of the molecule is CC(C)C1CC(NCC2CC=CCC2)CCO1. The largest absolute Gasteiger partial charge is 0.378 e. The maximum atomic E-state index is 5.81. The van der Waals surface area contributed by atoms with Gasteiger partial charge in [0.25, 0.3) is 0 Å². The number of nitrogens with one attached hydrogen (secondary N) is 1. The molecule has 0 bridgehead atoms. The molecule has 2 heteroatoms. The van der Waals surface area contributed by atoms with Gasteiger partial charge in [-0.2, -0.15) is 0 Å². The normalized spacial score (nSPS) is 34.2. The predicted molar refractivity (Wildman–Crippen MR) is 72.1 cm³/mol. The number of allylic oxidation sites excluding steroid dienone is 2. The third-order valence-corrected chi connectivity index (χ3v) is 4.13. The fraction of sp³-hybridized carbons (Fsp3) is 0.867. The van der Waals surface area contributed by atoms with Crippen LogP contribution in [-0.4, -0.2) is 25.3 Å². The summed E-state index contributed by atoms with van der Waals surface area (Å²) >= 11 is 0. The molecule has 0 radical (unpaired) electrons. The zero-order valence-electron chi connectivity index (χ0n) is 11.3. The molecule has 0 aromatic rings. The van der Waals surface area contributed by atoms with E-state index in [-0.39, 0.29) is 0 Å². The van der Waals surface area contributed by atoms with Crippen LogP contribution in [0.4, 0.5) is 0 Å². The molecule has 3 atom stereocenters. The number of ether oxygens (including phenoxy) is 1. The van der Waals surface area contributed by atoms with Crippen molar-refractivity contribution in [1.29, 1.82) is 0 Å². The van der Waals surface area contributed by atoms with Crippen LogP contribution in [-0.2, 0) is 4.74 Å². The van der Waals surface area contributed by atoms with Crippen molar-refractivity contribution >= 4 is 0 Å². The lowest BCUT2D eigenvalue weighted by Gasteiger charge is -2.33. The highest BCUT2D eigenvalue weighted by atomic mass is 16.5. The third kappa shape index (κ3) is 4.11. The molecular weight excluding hydrogens is 210 g/mol. The van der Waals surface area contributed by atoms with Gasteiger partial charge in [-0.25, -0.2) is 0 Å². The van der Waals surface area contributed by atoms with E-state index in [9.17, 15) is 0 Å². The number of hydrogen-bond acceptors (Lipinski definition) is 2. The van der Waals surface area contributed by atoms with Gasteiger partial charge in [-0.15, -0.1) is 0 Å². The molecule has 98 valence electrons. The van der Waals surface area contributed by atoms with Crippen LogP contribution in [0.2, 0.25) is 0 Å². The Bertz CT molecular complexity index is 249. The molecule has 2 aliphatic rings. The maximum Gasteiger partial charge on any atom is 0.0612 e. The number of rotatable bonds is 4. The van der Waals surface area contributed by atoms with E-state index in [0.29, 0.717) is 18.1 Å². The molecule has 0 amide bonds. The summed E-state index contributed by atoms with van der Waals surface area (Å²) < 4.78 is 5.81. The van der Waals surface area contributed by atoms with Crippen molar-refractivity contribution in [2.75, 3.05) is 13.2 Å². The second-order valence-electron chi connectivity index (χ2n) is 5.93. The van der Waals surface area contributed by atoms with Gasteiger partial charge in [0.2, 0.25) is 0 Å². The summed E-state index contributed by atoms with van der Waals surface area (Å²) in [7, 11) is 0. The second kappa shape index (κ2) is 6.55. The first-order valence-electron chi connectivity index (χ1n) is 7.25. The van der Waals surface area contributed by atoms with Crippen molar-refractivity contribution in [2.24, 2.45) is 11.8 Å². The van der Waals surface area contributed by atoms with Gasteiger partial charge in [0.1, 0.15) is 0 Å². The summed E-state index contributed by atoms with van der Waals surface area (Å²) in [6.07, 6.45) is 11.4. The van der Waals surface area contributed by atoms with Crippen molar-refractivity contribution in [1.82, 2.24) is 5.32 Å². The van der Waals surface area contributed by atoms with Gasteiger partial charge in [0.05, 0.1) is 6.10 Å². The van der Waals surface area contributed by atoms with Gasteiger partial charge in [0.15, 0.2) is 0 Å². The fourth-order valence-corrected chi connectivity index (χ4v) is 2.85. The minimum atomic E-state index is 0.465. The molecule has 0 aromatic carbocycles. The molecule has 1 aliphatic heterocycles. The lowest BCUT2D eigenvalue weighted by atomic mass is 9.92. The quantitative estimate of drug-likeness (QED) is 0.758. The van der Waals surface area contributed by atoms with Crippen LogP contribution in [0, 0.1) is 11.8 Å². The van der Waals surface area contributed by atoms with E-state index in [1.807, 2.05) is 0 Å². The van der Waals surface area contributed by atoms with Crippen LogP contribution in [0.25, 0.3) is 0 Å². The fourth-order valence-electron chi connectivity index (χ4n) is 2.85. The molecule has 1 N–H and O–H groups in total. The lowest BCUT2D eigenvalue weighted by molar-refractivity contribution is -0.0248. The average molecular weight is 237 g/mol. The highest BCUT2D eigenvalue weighted by Gasteiger charge is 2.25. The van der Waals surface area contributed by atoms with Crippen LogP contribution < -0.4 is 5.32 Å². The first-order valence-corrected chi connectivity index (χ1v) is 7.25. The van der Waals surface area contributed by atoms with Gasteiger partial charge >= 0.3 is 0 Å². The summed E-state index contributed by atoms with van der Waals surface area (Å²) in [5.74, 6) is 1.51. The highest BCUT2D eigenvalue weighted by Crippen LogP contribution is 2.22. The first-order chi connectivity index (χ1) is 8.25. The minimum absolute atomic E-state index is 0.465. The summed E-state index contributed by atoms with van der Waals surface area (Å²) in [5, 5.41) is 3.76. The molecule has 2 nitrogen and oxygen atoms in total. The Kier molecular flexibility index (Phi) is 5.05. The predicted octanol–water partition coefficient (Wildman–Crippen LogP) is 3.14. The average Bonchev–Trinajstić information content (AvgIpc) is 2.38. The Morgan fingerprint density at radius 2 is 2.18 bits per heavy atom. The van der Waals surface area contributed by atoms with Gasteiger partial charge < -0.3 is 10.1 Å². The molecule has 0 aromatic heterocycles. The Balaban J connectivity index is 1.69. The number of hydrogen-bond donors (Lipinski definition) is 1. The van der Waals surface area contributed by atoms with Gasteiger partial charge in [-0.05, 0) is 50.5 Å². The Morgan fingerprint density at radius 3 is 2.88 bits per heavy atom. The summed E-state index contributed by atoms with van der Waals surface area (Å²) in [6, 6.07) is 0.682. The maximum absolute atomic E-state index is 5.81. The minimum Gasteiger partial charge on any atom is -0.378 e. The summed E-state index contributed by atoms with van der Waals surface area (Å²) in [5.41, 5.74) is 0. The Labute approximate surface area is 106 Å². The Hall–Kier alpha value is -0.340. The molecule has 1 aliphatic carbocycles. The molecule has 3 unspecified atom stereocenters. The highest BCUT2D eigenvalue weighted by molar-refractivity contribution is 4.91. The first kappa shape index (κ1) is 13.1. The van der Waals surface area contributed by atoms with Crippen LogP contribution in [0.15, 0.2) is 12.2 Å². The van der Waals surface area contributed by atoms with Crippen molar-refractivity contribution in [3.63, 3.8) is 0 Å². The smallest absolute Gasteiger partial charge is 0.0612 e. The van der Waals surface area contributed by atoms with E-state index in [0.717, 1.165) is 12.5 Å². The molecule has 0 saturated carbocycles. The second-order valence-corrected chi connectivity index (χ2v) is 5.93. The van der Waals surface area contributed by atoms with E-state index < -0.39 is 0 Å². The van der Waals surface area contributed by atoms with Crippen molar-refractivity contribution < 1.29 is 4.74 Å². The van der Waals surface area contributed by atoms with E-state index in [2.05, 4.69) is 31.3 Å². The molecular formula is C15H27NO. The van der Waals surface area contributed by atoms with E-state index in [4.69, 9.17) is 4.74 Å². The molecule has 0 spiro atoms. The van der Waals surface area contributed by atoms with E-state index >= 15 is 0 Å². The molecule has 2 rings (SSSR count). The van der Waals surface area contributed by atoms with E-state index in [1.165, 1.54) is 38.6 Å².